The quantitative estimate of drug-likeness (QED) is 0.794. The van der Waals surface area contributed by atoms with E-state index in [0.717, 1.165) is 11.1 Å². The SMILES string of the molecule is Cc1cncc(NC(=O)c2ccc(C)cc2N)c1. The van der Waals surface area contributed by atoms with Crippen LogP contribution in [0.2, 0.25) is 0 Å². The van der Waals surface area contributed by atoms with E-state index in [1.54, 1.807) is 24.5 Å². The zero-order chi connectivity index (χ0) is 13.1. The Morgan fingerprint density at radius 3 is 2.61 bits per heavy atom. The van der Waals surface area contributed by atoms with E-state index >= 15 is 0 Å². The molecule has 0 bridgehead atoms. The summed E-state index contributed by atoms with van der Waals surface area (Å²) >= 11 is 0. The van der Waals surface area contributed by atoms with Crippen LogP contribution in [-0.4, -0.2) is 10.9 Å². The Kier molecular flexibility index (Phi) is 3.28. The number of benzene rings is 1. The molecule has 0 atom stereocenters. The molecule has 4 heteroatoms. The summed E-state index contributed by atoms with van der Waals surface area (Å²) < 4.78 is 0. The minimum atomic E-state index is -0.222. The molecule has 0 saturated heterocycles. The van der Waals surface area contributed by atoms with Crippen LogP contribution >= 0.6 is 0 Å². The Morgan fingerprint density at radius 1 is 1.17 bits per heavy atom. The normalized spacial score (nSPS) is 10.1. The third-order valence-corrected chi connectivity index (χ3v) is 2.58. The summed E-state index contributed by atoms with van der Waals surface area (Å²) in [7, 11) is 0. The van der Waals surface area contributed by atoms with Crippen molar-refractivity contribution in [3.8, 4) is 0 Å². The first-order valence-corrected chi connectivity index (χ1v) is 5.65. The first-order chi connectivity index (χ1) is 8.56. The van der Waals surface area contributed by atoms with E-state index in [0.29, 0.717) is 16.9 Å². The number of aromatic nitrogens is 1. The van der Waals surface area contributed by atoms with Crippen LogP contribution in [0.5, 0.6) is 0 Å². The second-order valence-corrected chi connectivity index (χ2v) is 4.30. The van der Waals surface area contributed by atoms with Gasteiger partial charge in [-0.3, -0.25) is 9.78 Å². The molecular weight excluding hydrogens is 226 g/mol. The largest absolute Gasteiger partial charge is 0.398 e. The number of aryl methyl sites for hydroxylation is 2. The van der Waals surface area contributed by atoms with Crippen LogP contribution in [0.25, 0.3) is 0 Å². The number of hydrogen-bond acceptors (Lipinski definition) is 3. The number of nitrogens with one attached hydrogen (secondary N) is 1. The maximum absolute atomic E-state index is 12.0. The molecule has 0 saturated carbocycles. The van der Waals surface area contributed by atoms with Gasteiger partial charge in [0.05, 0.1) is 17.4 Å². The van der Waals surface area contributed by atoms with Crippen molar-refractivity contribution in [2.75, 3.05) is 11.1 Å². The molecule has 0 unspecified atom stereocenters. The van der Waals surface area contributed by atoms with E-state index < -0.39 is 0 Å². The predicted octanol–water partition coefficient (Wildman–Crippen LogP) is 2.53. The molecule has 0 aliphatic carbocycles. The lowest BCUT2D eigenvalue weighted by Gasteiger charge is -2.08. The monoisotopic (exact) mass is 241 g/mol. The fraction of sp³-hybridized carbons (Fsp3) is 0.143. The molecule has 92 valence electrons. The van der Waals surface area contributed by atoms with E-state index in [9.17, 15) is 4.79 Å². The lowest BCUT2D eigenvalue weighted by Crippen LogP contribution is -2.14. The van der Waals surface area contributed by atoms with Gasteiger partial charge in [-0.1, -0.05) is 6.07 Å². The minimum absolute atomic E-state index is 0.222. The van der Waals surface area contributed by atoms with E-state index in [-0.39, 0.29) is 5.91 Å². The standard InChI is InChI=1S/C14H15N3O/c1-9-3-4-12(13(15)6-9)14(18)17-11-5-10(2)7-16-8-11/h3-8H,15H2,1-2H3,(H,17,18). The van der Waals surface area contributed by atoms with E-state index in [2.05, 4.69) is 10.3 Å². The number of anilines is 2. The lowest BCUT2D eigenvalue weighted by molar-refractivity contribution is 0.102. The highest BCUT2D eigenvalue weighted by molar-refractivity contribution is 6.07. The van der Waals surface area contributed by atoms with Gasteiger partial charge in [-0.2, -0.15) is 0 Å². The van der Waals surface area contributed by atoms with Gasteiger partial charge in [0, 0.05) is 11.9 Å². The third-order valence-electron chi connectivity index (χ3n) is 2.58. The number of nitrogens with two attached hydrogens (primary N) is 1. The topological polar surface area (TPSA) is 68.0 Å². The number of carbonyl (C=O) groups is 1. The number of nitrogens with zero attached hydrogens (tertiary/aromatic N) is 1. The van der Waals surface area contributed by atoms with Gasteiger partial charge in [-0.25, -0.2) is 0 Å². The second-order valence-electron chi connectivity index (χ2n) is 4.30. The van der Waals surface area contributed by atoms with Crippen LogP contribution in [0.4, 0.5) is 11.4 Å². The van der Waals surface area contributed by atoms with E-state index in [1.165, 1.54) is 0 Å². The fourth-order valence-corrected chi connectivity index (χ4v) is 1.71. The molecule has 0 fully saturated rings. The molecule has 0 aliphatic heterocycles. The highest BCUT2D eigenvalue weighted by Gasteiger charge is 2.09. The van der Waals surface area contributed by atoms with Crippen molar-refractivity contribution in [1.82, 2.24) is 4.98 Å². The van der Waals surface area contributed by atoms with Gasteiger partial charge in [0.2, 0.25) is 0 Å². The number of hydrogen-bond donors (Lipinski definition) is 2. The molecule has 4 nitrogen and oxygen atoms in total. The molecule has 1 heterocycles. The van der Waals surface area contributed by atoms with Crippen LogP contribution in [0, 0.1) is 13.8 Å². The number of carbonyl (C=O) groups excluding carboxylic acids is 1. The van der Waals surface area contributed by atoms with E-state index in [4.69, 9.17) is 5.73 Å². The third kappa shape index (κ3) is 2.66. The molecule has 2 aromatic rings. The van der Waals surface area contributed by atoms with Crippen LogP contribution in [0.15, 0.2) is 36.7 Å². The molecule has 1 aromatic heterocycles. The molecule has 0 radical (unpaired) electrons. The summed E-state index contributed by atoms with van der Waals surface area (Å²) in [5, 5.41) is 2.78. The molecule has 18 heavy (non-hydrogen) atoms. The summed E-state index contributed by atoms with van der Waals surface area (Å²) in [6.07, 6.45) is 3.34. The second kappa shape index (κ2) is 4.87. The molecule has 1 amide bonds. The van der Waals surface area contributed by atoms with Gasteiger partial charge >= 0.3 is 0 Å². The number of nitrogen functional groups attached to an aromatic ring is 1. The van der Waals surface area contributed by atoms with Crippen LogP contribution in [-0.2, 0) is 0 Å². The lowest BCUT2D eigenvalue weighted by atomic mass is 10.1. The first-order valence-electron chi connectivity index (χ1n) is 5.65. The zero-order valence-electron chi connectivity index (χ0n) is 10.4. The number of pyridine rings is 1. The fourth-order valence-electron chi connectivity index (χ4n) is 1.71. The van der Waals surface area contributed by atoms with Crippen molar-refractivity contribution in [3.05, 3.63) is 53.3 Å². The van der Waals surface area contributed by atoms with Crippen molar-refractivity contribution in [2.24, 2.45) is 0 Å². The van der Waals surface area contributed by atoms with Crippen LogP contribution in [0.1, 0.15) is 21.5 Å². The Morgan fingerprint density at radius 2 is 1.94 bits per heavy atom. The average Bonchev–Trinajstić information content (AvgIpc) is 2.28. The highest BCUT2D eigenvalue weighted by Crippen LogP contribution is 2.16. The number of rotatable bonds is 2. The predicted molar refractivity (Wildman–Crippen MR) is 72.5 cm³/mol. The van der Waals surface area contributed by atoms with Gasteiger partial charge in [0.1, 0.15) is 0 Å². The van der Waals surface area contributed by atoms with Gasteiger partial charge in [0.15, 0.2) is 0 Å². The van der Waals surface area contributed by atoms with Gasteiger partial charge < -0.3 is 11.1 Å². The smallest absolute Gasteiger partial charge is 0.257 e. The Labute approximate surface area is 106 Å². The van der Waals surface area contributed by atoms with Crippen LogP contribution in [0.3, 0.4) is 0 Å². The van der Waals surface area contributed by atoms with Crippen LogP contribution < -0.4 is 11.1 Å². The molecule has 0 spiro atoms. The maximum Gasteiger partial charge on any atom is 0.257 e. The molecule has 3 N–H and O–H groups in total. The molecule has 2 rings (SSSR count). The zero-order valence-corrected chi connectivity index (χ0v) is 10.4. The van der Waals surface area contributed by atoms with Crippen molar-refractivity contribution in [3.63, 3.8) is 0 Å². The summed E-state index contributed by atoms with van der Waals surface area (Å²) in [5.41, 5.74) is 9.47. The molecular formula is C14H15N3O. The average molecular weight is 241 g/mol. The summed E-state index contributed by atoms with van der Waals surface area (Å²) in [4.78, 5) is 16.1. The summed E-state index contributed by atoms with van der Waals surface area (Å²) in [6.45, 7) is 3.85. The highest BCUT2D eigenvalue weighted by atomic mass is 16.1. The molecule has 1 aromatic carbocycles. The van der Waals surface area contributed by atoms with Gasteiger partial charge in [-0.15, -0.1) is 0 Å². The minimum Gasteiger partial charge on any atom is -0.398 e. The van der Waals surface area contributed by atoms with Crippen molar-refractivity contribution < 1.29 is 4.79 Å². The summed E-state index contributed by atoms with van der Waals surface area (Å²) in [5.74, 6) is -0.222. The Balaban J connectivity index is 2.22. The van der Waals surface area contributed by atoms with Gasteiger partial charge in [0.25, 0.3) is 5.91 Å². The van der Waals surface area contributed by atoms with Gasteiger partial charge in [-0.05, 0) is 43.2 Å². The molecule has 0 aliphatic rings. The van der Waals surface area contributed by atoms with Crippen molar-refractivity contribution >= 4 is 17.3 Å². The number of amides is 1. The summed E-state index contributed by atoms with van der Waals surface area (Å²) in [6, 6.07) is 7.22. The van der Waals surface area contributed by atoms with E-state index in [1.807, 2.05) is 26.0 Å². The van der Waals surface area contributed by atoms with Crippen molar-refractivity contribution in [2.45, 2.75) is 13.8 Å². The Bertz CT molecular complexity index is 593. The maximum atomic E-state index is 12.0. The first kappa shape index (κ1) is 12.1. The van der Waals surface area contributed by atoms with Crippen molar-refractivity contribution in [1.29, 1.82) is 0 Å². The Hall–Kier alpha value is -2.36.